The number of nitrogens with zero attached hydrogens (tertiary/aromatic N) is 1. The first-order valence-electron chi connectivity index (χ1n) is 9.52. The highest BCUT2D eigenvalue weighted by molar-refractivity contribution is 9.10. The molecule has 1 aliphatic heterocycles. The van der Waals surface area contributed by atoms with Crippen molar-refractivity contribution in [1.82, 2.24) is 5.32 Å². The number of benzene rings is 3. The van der Waals surface area contributed by atoms with E-state index in [1.54, 1.807) is 24.3 Å². The summed E-state index contributed by atoms with van der Waals surface area (Å²) in [6.45, 7) is 0. The van der Waals surface area contributed by atoms with Crippen LogP contribution < -0.4 is 10.2 Å². The Morgan fingerprint density at radius 3 is 2.28 bits per heavy atom. The molecule has 1 saturated heterocycles. The Morgan fingerprint density at radius 1 is 0.875 bits per heavy atom. The SMILES string of the molecule is O=C1NC(=O)N(c2ccc(Cl)cc2)C(=O)/C1=C/c1cc(Cl)ccc1Cc1ccccc1Br. The van der Waals surface area contributed by atoms with Crippen molar-refractivity contribution >= 4 is 68.7 Å². The van der Waals surface area contributed by atoms with E-state index in [9.17, 15) is 14.4 Å². The normalized spacial score (nSPS) is 15.3. The summed E-state index contributed by atoms with van der Waals surface area (Å²) >= 11 is 15.7. The van der Waals surface area contributed by atoms with Crippen LogP contribution in [0.1, 0.15) is 16.7 Å². The molecule has 160 valence electrons. The van der Waals surface area contributed by atoms with Crippen LogP contribution >= 0.6 is 39.1 Å². The fraction of sp³-hybridized carbons (Fsp3) is 0.0417. The fourth-order valence-corrected chi connectivity index (χ4v) is 4.08. The van der Waals surface area contributed by atoms with Gasteiger partial charge in [-0.2, -0.15) is 0 Å². The Morgan fingerprint density at radius 2 is 1.56 bits per heavy atom. The maximum Gasteiger partial charge on any atom is 0.335 e. The predicted molar refractivity (Wildman–Crippen MR) is 129 cm³/mol. The minimum atomic E-state index is -0.820. The zero-order chi connectivity index (χ0) is 22.8. The van der Waals surface area contributed by atoms with Crippen LogP contribution in [0.15, 0.2) is 76.8 Å². The van der Waals surface area contributed by atoms with Crippen molar-refractivity contribution in [3.8, 4) is 0 Å². The summed E-state index contributed by atoms with van der Waals surface area (Å²) in [6, 6.07) is 18.4. The van der Waals surface area contributed by atoms with Crippen molar-refractivity contribution in [1.29, 1.82) is 0 Å². The van der Waals surface area contributed by atoms with Crippen LogP contribution in [-0.2, 0) is 16.0 Å². The number of rotatable bonds is 4. The second-order valence-electron chi connectivity index (χ2n) is 7.05. The molecular formula is C24H15BrCl2N2O3. The highest BCUT2D eigenvalue weighted by atomic mass is 79.9. The van der Waals surface area contributed by atoms with E-state index in [-0.39, 0.29) is 5.57 Å². The Hall–Kier alpha value is -2.93. The predicted octanol–water partition coefficient (Wildman–Crippen LogP) is 6.01. The second-order valence-corrected chi connectivity index (χ2v) is 8.77. The van der Waals surface area contributed by atoms with Crippen LogP contribution in [0.4, 0.5) is 10.5 Å². The van der Waals surface area contributed by atoms with E-state index in [1.807, 2.05) is 30.3 Å². The average Bonchev–Trinajstić information content (AvgIpc) is 2.75. The van der Waals surface area contributed by atoms with Crippen molar-refractivity contribution in [3.63, 3.8) is 0 Å². The monoisotopic (exact) mass is 528 g/mol. The van der Waals surface area contributed by atoms with Crippen molar-refractivity contribution in [3.05, 3.63) is 104 Å². The molecule has 4 amide bonds. The first-order chi connectivity index (χ1) is 15.3. The molecule has 0 aliphatic carbocycles. The molecule has 0 spiro atoms. The molecule has 3 aromatic rings. The molecule has 8 heteroatoms. The number of carbonyl (C=O) groups is 3. The van der Waals surface area contributed by atoms with Gasteiger partial charge in [-0.15, -0.1) is 0 Å². The summed E-state index contributed by atoms with van der Waals surface area (Å²) in [5.74, 6) is -1.50. The van der Waals surface area contributed by atoms with Gasteiger partial charge in [-0.25, -0.2) is 9.69 Å². The first kappa shape index (κ1) is 22.3. The zero-order valence-corrected chi connectivity index (χ0v) is 19.5. The molecule has 1 heterocycles. The molecule has 4 rings (SSSR count). The Kier molecular flexibility index (Phi) is 6.46. The van der Waals surface area contributed by atoms with E-state index in [4.69, 9.17) is 23.2 Å². The summed E-state index contributed by atoms with van der Waals surface area (Å²) in [6.07, 6.45) is 2.01. The number of barbiturate groups is 1. The van der Waals surface area contributed by atoms with Gasteiger partial charge in [0.2, 0.25) is 0 Å². The van der Waals surface area contributed by atoms with Crippen molar-refractivity contribution in [2.24, 2.45) is 0 Å². The molecule has 1 N–H and O–H groups in total. The van der Waals surface area contributed by atoms with Crippen LogP contribution in [0.2, 0.25) is 10.0 Å². The van der Waals surface area contributed by atoms with Gasteiger partial charge in [0, 0.05) is 14.5 Å². The molecule has 3 aromatic carbocycles. The third-order valence-electron chi connectivity index (χ3n) is 4.93. The van der Waals surface area contributed by atoms with Gasteiger partial charge in [-0.05, 0) is 71.7 Å². The summed E-state index contributed by atoms with van der Waals surface area (Å²) in [7, 11) is 0. The van der Waals surface area contributed by atoms with E-state index >= 15 is 0 Å². The molecular weight excluding hydrogens is 515 g/mol. The molecule has 0 atom stereocenters. The lowest BCUT2D eigenvalue weighted by atomic mass is 9.97. The standard InChI is InChI=1S/C24H15BrCl2N2O3/c25-21-4-2-1-3-15(21)11-14-5-6-18(27)12-16(14)13-20-22(30)28-24(32)29(23(20)31)19-9-7-17(26)8-10-19/h1-10,12-13H,11H2,(H,28,30,32)/b20-13+. The lowest BCUT2D eigenvalue weighted by Crippen LogP contribution is -2.54. The number of hydrogen-bond donors (Lipinski definition) is 1. The maximum atomic E-state index is 13.1. The largest absolute Gasteiger partial charge is 0.335 e. The second kappa shape index (κ2) is 9.28. The van der Waals surface area contributed by atoms with E-state index in [0.717, 1.165) is 20.5 Å². The zero-order valence-electron chi connectivity index (χ0n) is 16.4. The third-order valence-corrected chi connectivity index (χ3v) is 6.19. The van der Waals surface area contributed by atoms with Gasteiger partial charge in [0.05, 0.1) is 5.69 Å². The summed E-state index contributed by atoms with van der Waals surface area (Å²) in [4.78, 5) is 39.0. The molecule has 0 aromatic heterocycles. The van der Waals surface area contributed by atoms with Crippen molar-refractivity contribution in [2.75, 3.05) is 4.90 Å². The van der Waals surface area contributed by atoms with Gasteiger partial charge in [-0.3, -0.25) is 14.9 Å². The van der Waals surface area contributed by atoms with E-state index in [2.05, 4.69) is 21.2 Å². The van der Waals surface area contributed by atoms with Gasteiger partial charge in [0.15, 0.2) is 0 Å². The molecule has 1 fully saturated rings. The molecule has 5 nitrogen and oxygen atoms in total. The molecule has 0 radical (unpaired) electrons. The first-order valence-corrected chi connectivity index (χ1v) is 11.1. The highest BCUT2D eigenvalue weighted by Crippen LogP contribution is 2.27. The van der Waals surface area contributed by atoms with Crippen molar-refractivity contribution in [2.45, 2.75) is 6.42 Å². The molecule has 0 bridgehead atoms. The molecule has 32 heavy (non-hydrogen) atoms. The summed E-state index contributed by atoms with van der Waals surface area (Å²) in [5, 5.41) is 3.14. The third kappa shape index (κ3) is 4.63. The average molecular weight is 530 g/mol. The van der Waals surface area contributed by atoms with Gasteiger partial charge in [0.1, 0.15) is 5.57 Å². The van der Waals surface area contributed by atoms with Gasteiger partial charge in [0.25, 0.3) is 11.8 Å². The van der Waals surface area contributed by atoms with Crippen molar-refractivity contribution < 1.29 is 14.4 Å². The summed E-state index contributed by atoms with van der Waals surface area (Å²) in [5.41, 5.74) is 2.64. The Bertz CT molecular complexity index is 1270. The van der Waals surface area contributed by atoms with Crippen LogP contribution in [-0.4, -0.2) is 17.8 Å². The van der Waals surface area contributed by atoms with E-state index in [1.165, 1.54) is 18.2 Å². The molecule has 0 saturated carbocycles. The minimum Gasteiger partial charge on any atom is -0.273 e. The highest BCUT2D eigenvalue weighted by Gasteiger charge is 2.36. The maximum absolute atomic E-state index is 13.1. The fourth-order valence-electron chi connectivity index (χ4n) is 3.35. The van der Waals surface area contributed by atoms with Gasteiger partial charge < -0.3 is 0 Å². The lowest BCUT2D eigenvalue weighted by Gasteiger charge is -2.26. The summed E-state index contributed by atoms with van der Waals surface area (Å²) < 4.78 is 0.944. The number of imide groups is 2. The smallest absolute Gasteiger partial charge is 0.273 e. The van der Waals surface area contributed by atoms with Crippen LogP contribution in [0, 0.1) is 0 Å². The number of amides is 4. The minimum absolute atomic E-state index is 0.171. The molecule has 1 aliphatic rings. The number of halogens is 3. The molecule has 0 unspecified atom stereocenters. The van der Waals surface area contributed by atoms with E-state index < -0.39 is 17.8 Å². The lowest BCUT2D eigenvalue weighted by molar-refractivity contribution is -0.122. The topological polar surface area (TPSA) is 66.5 Å². The number of hydrogen-bond acceptors (Lipinski definition) is 3. The number of anilines is 1. The number of urea groups is 1. The van der Waals surface area contributed by atoms with Crippen LogP contribution in [0.25, 0.3) is 6.08 Å². The number of nitrogens with one attached hydrogen (secondary N) is 1. The number of carbonyl (C=O) groups excluding carboxylic acids is 3. The van der Waals surface area contributed by atoms with Crippen LogP contribution in [0.3, 0.4) is 0 Å². The van der Waals surface area contributed by atoms with Gasteiger partial charge in [-0.1, -0.05) is 63.4 Å². The van der Waals surface area contributed by atoms with Crippen LogP contribution in [0.5, 0.6) is 0 Å². The van der Waals surface area contributed by atoms with E-state index in [0.29, 0.717) is 27.7 Å². The Labute approximate surface area is 202 Å². The Balaban J connectivity index is 1.75. The van der Waals surface area contributed by atoms with Gasteiger partial charge >= 0.3 is 6.03 Å². The quantitative estimate of drug-likeness (QED) is 0.332.